The van der Waals surface area contributed by atoms with Crippen LogP contribution in [0, 0.1) is 0 Å². The lowest BCUT2D eigenvalue weighted by atomic mass is 9.82. The minimum Gasteiger partial charge on any atom is -0.505 e. The van der Waals surface area contributed by atoms with Crippen molar-refractivity contribution >= 4 is 11.6 Å². The Bertz CT molecular complexity index is 1170. The topological polar surface area (TPSA) is 64.6 Å². The summed E-state index contributed by atoms with van der Waals surface area (Å²) in [6.45, 7) is 11.1. The van der Waals surface area contributed by atoms with E-state index in [-0.39, 0.29) is 6.61 Å². The fraction of sp³-hybridized carbons (Fsp3) is 0.611. The van der Waals surface area contributed by atoms with Gasteiger partial charge in [0.05, 0.1) is 26.6 Å². The van der Waals surface area contributed by atoms with Crippen molar-refractivity contribution in [3.8, 4) is 5.75 Å². The van der Waals surface area contributed by atoms with Crippen molar-refractivity contribution < 1.29 is 33.2 Å². The minimum atomic E-state index is -1.23. The van der Waals surface area contributed by atoms with E-state index in [0.29, 0.717) is 37.9 Å². The Labute approximate surface area is 269 Å². The van der Waals surface area contributed by atoms with Crippen LogP contribution in [-0.2, 0) is 40.6 Å². The number of ether oxygens (including phenoxy) is 7. The van der Waals surface area contributed by atoms with E-state index < -0.39 is 29.7 Å². The summed E-state index contributed by atoms with van der Waals surface area (Å²) in [6, 6.07) is 14.1. The molecule has 5 atom stereocenters. The molecule has 2 fully saturated rings. The molecule has 0 unspecified atom stereocenters. The monoisotopic (exact) mass is 630 g/mol. The van der Waals surface area contributed by atoms with Crippen LogP contribution in [0.3, 0.4) is 0 Å². The van der Waals surface area contributed by atoms with Crippen LogP contribution in [0.5, 0.6) is 5.75 Å². The first-order chi connectivity index (χ1) is 21.5. The van der Waals surface area contributed by atoms with Crippen LogP contribution in [-0.4, -0.2) is 64.1 Å². The lowest BCUT2D eigenvalue weighted by Gasteiger charge is -2.50. The van der Waals surface area contributed by atoms with Crippen molar-refractivity contribution in [2.45, 2.75) is 102 Å². The number of halogens is 1. The number of unbranched alkanes of at least 4 members (excludes halogenated alkanes) is 3. The average Bonchev–Trinajstić information content (AvgIpc) is 3.39. The molecule has 0 saturated carbocycles. The van der Waals surface area contributed by atoms with Crippen molar-refractivity contribution in [1.29, 1.82) is 0 Å². The van der Waals surface area contributed by atoms with Gasteiger partial charge in [-0.1, -0.05) is 69.8 Å². The van der Waals surface area contributed by atoms with Crippen molar-refractivity contribution in [2.24, 2.45) is 0 Å². The summed E-state index contributed by atoms with van der Waals surface area (Å²) in [5.74, 6) is -0.381. The number of hydrogen-bond acceptors (Lipinski definition) is 7. The Morgan fingerprint density at radius 3 is 2.16 bits per heavy atom. The van der Waals surface area contributed by atoms with Gasteiger partial charge in [-0.3, -0.25) is 0 Å². The summed E-state index contributed by atoms with van der Waals surface area (Å²) in [7, 11) is 1.63. The van der Waals surface area contributed by atoms with Crippen LogP contribution in [0.1, 0.15) is 82.9 Å². The molecule has 2 aliphatic heterocycles. The number of rotatable bonds is 19. The molecule has 8 heteroatoms. The molecule has 2 saturated heterocycles. The summed E-state index contributed by atoms with van der Waals surface area (Å²) in [6.07, 6.45) is 8.59. The molecule has 2 heterocycles. The number of hydrogen-bond donors (Lipinski definition) is 0. The van der Waals surface area contributed by atoms with Crippen molar-refractivity contribution in [3.05, 3.63) is 76.5 Å². The zero-order chi connectivity index (χ0) is 31.4. The second-order valence-corrected chi connectivity index (χ2v) is 12.0. The van der Waals surface area contributed by atoms with Gasteiger partial charge in [0.15, 0.2) is 0 Å². The first kappa shape index (κ1) is 34.7. The maximum atomic E-state index is 7.09. The third kappa shape index (κ3) is 7.98. The molecule has 244 valence electrons. The second-order valence-electron chi connectivity index (χ2n) is 11.6. The Hall–Kier alpha value is -2.13. The van der Waals surface area contributed by atoms with Gasteiger partial charge in [-0.05, 0) is 74.1 Å². The van der Waals surface area contributed by atoms with Crippen LogP contribution in [0.2, 0.25) is 5.02 Å². The quantitative estimate of drug-likeness (QED) is 0.115. The zero-order valence-corrected chi connectivity index (χ0v) is 27.9. The fourth-order valence-corrected chi connectivity index (χ4v) is 6.05. The normalized spacial score (nSPS) is 26.4. The first-order valence-electron chi connectivity index (χ1n) is 16.4. The number of fused-ring (bicyclic) bond motifs is 2. The summed E-state index contributed by atoms with van der Waals surface area (Å²) >= 11 is 6.80. The molecule has 0 radical (unpaired) electrons. The fourth-order valence-electron chi connectivity index (χ4n) is 5.87. The summed E-state index contributed by atoms with van der Waals surface area (Å²) in [5.41, 5.74) is 2.00. The number of methoxy groups -OCH3 is 1. The van der Waals surface area contributed by atoms with Gasteiger partial charge in [0.25, 0.3) is 0 Å². The summed E-state index contributed by atoms with van der Waals surface area (Å²) < 4.78 is 44.9. The van der Waals surface area contributed by atoms with Crippen molar-refractivity contribution in [2.75, 3.05) is 40.1 Å². The molecular formula is C36H51ClO7. The average molecular weight is 631 g/mol. The van der Waals surface area contributed by atoms with Gasteiger partial charge in [-0.25, -0.2) is 0 Å². The minimum absolute atomic E-state index is 0.266. The van der Waals surface area contributed by atoms with E-state index in [9.17, 15) is 0 Å². The van der Waals surface area contributed by atoms with Gasteiger partial charge in [-0.15, -0.1) is 0 Å². The van der Waals surface area contributed by atoms with Gasteiger partial charge in [0, 0.05) is 30.4 Å². The van der Waals surface area contributed by atoms with Gasteiger partial charge in [-0.2, -0.15) is 0 Å². The molecule has 0 aliphatic carbocycles. The van der Waals surface area contributed by atoms with Crippen molar-refractivity contribution in [1.82, 2.24) is 0 Å². The molecule has 44 heavy (non-hydrogen) atoms. The molecule has 2 aromatic rings. The van der Waals surface area contributed by atoms with Crippen LogP contribution in [0.15, 0.2) is 54.8 Å². The molecule has 2 aromatic carbocycles. The van der Waals surface area contributed by atoms with Gasteiger partial charge in [0.1, 0.15) is 29.7 Å². The zero-order valence-electron chi connectivity index (χ0n) is 27.1. The van der Waals surface area contributed by atoms with E-state index in [0.717, 1.165) is 61.0 Å². The lowest BCUT2D eigenvalue weighted by molar-refractivity contribution is -0.337. The molecule has 0 aromatic heterocycles. The third-order valence-electron chi connectivity index (χ3n) is 8.27. The molecule has 0 amide bonds. The standard InChI is InChI=1S/C36H51ClO7/c1-6-10-20-40-32-33(41-21-11-7-2)35(19-23-38-5)26-43-36(44-35,34(32)42-22-12-8-3)29-15-18-31(37)28(25-29)24-27-13-16-30(17-14-27)39-9-4/h13-19,23,25,32-34H,6-12,20-22,24,26H2,1-5H3/b23-19+/t32-,33-,34+,35-,36-/m0/s1. The molecule has 2 aliphatic rings. The highest BCUT2D eigenvalue weighted by Crippen LogP contribution is 2.53. The largest absolute Gasteiger partial charge is 0.505 e. The maximum Gasteiger partial charge on any atom is 0.225 e. The predicted molar refractivity (Wildman–Crippen MR) is 173 cm³/mol. The Morgan fingerprint density at radius 1 is 0.864 bits per heavy atom. The highest BCUT2D eigenvalue weighted by molar-refractivity contribution is 6.31. The van der Waals surface area contributed by atoms with Gasteiger partial charge >= 0.3 is 0 Å². The first-order valence-corrected chi connectivity index (χ1v) is 16.7. The van der Waals surface area contributed by atoms with E-state index in [1.165, 1.54) is 0 Å². The SMILES string of the molecule is CCCCO[C@@H]1[C@@H](OCCCC)[C@@]2(c3ccc(Cl)c(Cc4ccc(OCC)cc4)c3)OC[C@](/C=C/OC)(O2)[C@H]1OCCCC. The van der Waals surface area contributed by atoms with Crippen molar-refractivity contribution in [3.63, 3.8) is 0 Å². The third-order valence-corrected chi connectivity index (χ3v) is 8.64. The molecule has 2 bridgehead atoms. The maximum absolute atomic E-state index is 7.09. The van der Waals surface area contributed by atoms with Gasteiger partial charge in [0.2, 0.25) is 5.79 Å². The predicted octanol–water partition coefficient (Wildman–Crippen LogP) is 8.00. The Morgan fingerprint density at radius 2 is 1.52 bits per heavy atom. The van der Waals surface area contributed by atoms with E-state index in [2.05, 4.69) is 39.0 Å². The van der Waals surface area contributed by atoms with E-state index in [1.54, 1.807) is 13.4 Å². The molecule has 0 N–H and O–H groups in total. The molecule has 0 spiro atoms. The highest BCUT2D eigenvalue weighted by Gasteiger charge is 2.68. The van der Waals surface area contributed by atoms with Crippen LogP contribution >= 0.6 is 11.6 Å². The molecule has 7 nitrogen and oxygen atoms in total. The van der Waals surface area contributed by atoms with E-state index >= 15 is 0 Å². The Kier molecular flexibility index (Phi) is 13.4. The van der Waals surface area contributed by atoms with E-state index in [4.69, 9.17) is 44.8 Å². The lowest BCUT2D eigenvalue weighted by Crippen LogP contribution is -2.66. The highest BCUT2D eigenvalue weighted by atomic mass is 35.5. The summed E-state index contributed by atoms with van der Waals surface area (Å²) in [4.78, 5) is 0. The second kappa shape index (κ2) is 17.0. The molecular weight excluding hydrogens is 580 g/mol. The van der Waals surface area contributed by atoms with Crippen LogP contribution in [0.4, 0.5) is 0 Å². The van der Waals surface area contributed by atoms with Crippen LogP contribution < -0.4 is 4.74 Å². The molecule has 4 rings (SSSR count). The van der Waals surface area contributed by atoms with Crippen LogP contribution in [0.25, 0.3) is 0 Å². The van der Waals surface area contributed by atoms with Gasteiger partial charge < -0.3 is 33.2 Å². The number of benzene rings is 2. The Balaban J connectivity index is 1.77. The summed E-state index contributed by atoms with van der Waals surface area (Å²) in [5, 5.41) is 0.679. The van der Waals surface area contributed by atoms with E-state index in [1.807, 2.05) is 37.3 Å². The smallest absolute Gasteiger partial charge is 0.225 e.